The first-order chi connectivity index (χ1) is 5.68. The molecule has 2 rings (SSSR count). The van der Waals surface area contributed by atoms with Gasteiger partial charge in [-0.25, -0.2) is 0 Å². The summed E-state index contributed by atoms with van der Waals surface area (Å²) in [6.07, 6.45) is 1.96. The molecular formula is C8H9N3O. The lowest BCUT2D eigenvalue weighted by atomic mass is 10.2. The number of nitrogens with one attached hydrogen (secondary N) is 1. The Balaban J connectivity index is 2.61. The number of hydrogen-bond donors (Lipinski definition) is 2. The second-order valence-electron chi connectivity index (χ2n) is 2.89. The molecule has 62 valence electrons. The third-order valence-corrected chi connectivity index (χ3v) is 2.05. The number of amides is 1. The molecule has 0 spiro atoms. The van der Waals surface area contributed by atoms with Gasteiger partial charge in [0.15, 0.2) is 0 Å². The molecule has 1 aromatic rings. The summed E-state index contributed by atoms with van der Waals surface area (Å²) in [6.45, 7) is 1.88. The Morgan fingerprint density at radius 1 is 1.67 bits per heavy atom. The van der Waals surface area contributed by atoms with E-state index in [0.717, 1.165) is 16.9 Å². The smallest absolute Gasteiger partial charge is 0.230 e. The molecule has 4 nitrogen and oxygen atoms in total. The topological polar surface area (TPSA) is 68.0 Å². The summed E-state index contributed by atoms with van der Waals surface area (Å²) in [4.78, 5) is 15.0. The maximum Gasteiger partial charge on any atom is 0.230 e. The molecule has 1 aliphatic heterocycles. The van der Waals surface area contributed by atoms with Gasteiger partial charge in [-0.05, 0) is 12.5 Å². The Labute approximate surface area is 69.8 Å². The molecule has 0 aliphatic carbocycles. The van der Waals surface area contributed by atoms with Crippen molar-refractivity contribution in [2.45, 2.75) is 13.3 Å². The zero-order chi connectivity index (χ0) is 8.72. The van der Waals surface area contributed by atoms with E-state index < -0.39 is 0 Å². The SMILES string of the molecule is Cc1c(N)cnc2c1NC(=O)C2. The highest BCUT2D eigenvalue weighted by Crippen LogP contribution is 2.27. The second-order valence-corrected chi connectivity index (χ2v) is 2.89. The fraction of sp³-hybridized carbons (Fsp3) is 0.250. The number of nitrogen functional groups attached to an aromatic ring is 1. The lowest BCUT2D eigenvalue weighted by molar-refractivity contribution is -0.115. The molecule has 1 aromatic heterocycles. The summed E-state index contributed by atoms with van der Waals surface area (Å²) in [5.41, 5.74) is 8.74. The third kappa shape index (κ3) is 0.845. The van der Waals surface area contributed by atoms with E-state index in [4.69, 9.17) is 5.73 Å². The number of anilines is 2. The number of pyridine rings is 1. The quantitative estimate of drug-likeness (QED) is 0.584. The molecule has 0 bridgehead atoms. The molecular weight excluding hydrogens is 154 g/mol. The van der Waals surface area contributed by atoms with Crippen molar-refractivity contribution in [2.75, 3.05) is 11.1 Å². The molecule has 0 unspecified atom stereocenters. The molecule has 1 amide bonds. The zero-order valence-electron chi connectivity index (χ0n) is 6.72. The zero-order valence-corrected chi connectivity index (χ0v) is 6.72. The number of carbonyl (C=O) groups is 1. The highest BCUT2D eigenvalue weighted by atomic mass is 16.1. The van der Waals surface area contributed by atoms with Crippen LogP contribution in [0, 0.1) is 6.92 Å². The maximum atomic E-state index is 11.0. The van der Waals surface area contributed by atoms with Gasteiger partial charge in [0.25, 0.3) is 0 Å². The molecule has 0 saturated heterocycles. The van der Waals surface area contributed by atoms with Crippen molar-refractivity contribution in [3.05, 3.63) is 17.5 Å². The van der Waals surface area contributed by atoms with Crippen LogP contribution in [0.3, 0.4) is 0 Å². The summed E-state index contributed by atoms with van der Waals surface area (Å²) < 4.78 is 0. The van der Waals surface area contributed by atoms with Crippen LogP contribution in [-0.2, 0) is 11.2 Å². The Morgan fingerprint density at radius 2 is 2.42 bits per heavy atom. The van der Waals surface area contributed by atoms with Crippen LogP contribution in [0.4, 0.5) is 11.4 Å². The van der Waals surface area contributed by atoms with Gasteiger partial charge in [0.1, 0.15) is 0 Å². The molecule has 12 heavy (non-hydrogen) atoms. The molecule has 0 aromatic carbocycles. The molecule has 4 heteroatoms. The number of nitrogens with zero attached hydrogens (tertiary/aromatic N) is 1. The van der Waals surface area contributed by atoms with Gasteiger partial charge in [0, 0.05) is 0 Å². The first-order valence-electron chi connectivity index (χ1n) is 3.72. The number of nitrogens with two attached hydrogens (primary N) is 1. The van der Waals surface area contributed by atoms with Crippen LogP contribution in [-0.4, -0.2) is 10.9 Å². The summed E-state index contributed by atoms with van der Waals surface area (Å²) in [5, 5.41) is 2.73. The minimum Gasteiger partial charge on any atom is -0.397 e. The van der Waals surface area contributed by atoms with Crippen molar-refractivity contribution in [1.29, 1.82) is 0 Å². The average Bonchev–Trinajstić information content (AvgIpc) is 2.39. The summed E-state index contributed by atoms with van der Waals surface area (Å²) in [5.74, 6) is -0.00815. The molecule has 0 fully saturated rings. The van der Waals surface area contributed by atoms with Gasteiger partial charge in [-0.2, -0.15) is 0 Å². The number of aromatic nitrogens is 1. The van der Waals surface area contributed by atoms with Gasteiger partial charge in [-0.1, -0.05) is 0 Å². The third-order valence-electron chi connectivity index (χ3n) is 2.05. The van der Waals surface area contributed by atoms with Crippen LogP contribution < -0.4 is 11.1 Å². The monoisotopic (exact) mass is 163 g/mol. The first kappa shape index (κ1) is 7.09. The van der Waals surface area contributed by atoms with Gasteiger partial charge in [0.05, 0.1) is 29.7 Å². The fourth-order valence-corrected chi connectivity index (χ4v) is 1.31. The molecule has 0 radical (unpaired) electrons. The number of carbonyl (C=O) groups excluding carboxylic acids is 1. The molecule has 0 saturated carbocycles. The van der Waals surface area contributed by atoms with E-state index in [1.165, 1.54) is 0 Å². The van der Waals surface area contributed by atoms with Crippen LogP contribution in [0.25, 0.3) is 0 Å². The van der Waals surface area contributed by atoms with Gasteiger partial charge < -0.3 is 11.1 Å². The maximum absolute atomic E-state index is 11.0. The summed E-state index contributed by atoms with van der Waals surface area (Å²) >= 11 is 0. The van der Waals surface area contributed by atoms with E-state index >= 15 is 0 Å². The van der Waals surface area contributed by atoms with Crippen LogP contribution in [0.5, 0.6) is 0 Å². The van der Waals surface area contributed by atoms with E-state index in [2.05, 4.69) is 10.3 Å². The van der Waals surface area contributed by atoms with E-state index in [1.54, 1.807) is 6.20 Å². The minimum absolute atomic E-state index is 0.00815. The van der Waals surface area contributed by atoms with E-state index in [0.29, 0.717) is 12.1 Å². The Kier molecular flexibility index (Phi) is 1.30. The van der Waals surface area contributed by atoms with Gasteiger partial charge in [-0.15, -0.1) is 0 Å². The number of rotatable bonds is 0. The lowest BCUT2D eigenvalue weighted by Crippen LogP contribution is -2.04. The standard InChI is InChI=1S/C8H9N3O/c1-4-5(9)3-10-6-2-7(12)11-8(4)6/h3H,2,9H2,1H3,(H,11,12). The first-order valence-corrected chi connectivity index (χ1v) is 3.72. The van der Waals surface area contributed by atoms with E-state index in [9.17, 15) is 4.79 Å². The number of hydrogen-bond acceptors (Lipinski definition) is 3. The highest BCUT2D eigenvalue weighted by Gasteiger charge is 2.21. The predicted octanol–water partition coefficient (Wildman–Crippen LogP) is 0.467. The van der Waals surface area contributed by atoms with E-state index in [1.807, 2.05) is 6.92 Å². The normalized spacial score (nSPS) is 14.2. The Bertz CT molecular complexity index is 360. The van der Waals surface area contributed by atoms with Crippen LogP contribution >= 0.6 is 0 Å². The van der Waals surface area contributed by atoms with Crippen molar-refractivity contribution in [3.63, 3.8) is 0 Å². The van der Waals surface area contributed by atoms with Crippen LogP contribution in [0.1, 0.15) is 11.3 Å². The average molecular weight is 163 g/mol. The van der Waals surface area contributed by atoms with Crippen molar-refractivity contribution < 1.29 is 4.79 Å². The molecule has 2 heterocycles. The van der Waals surface area contributed by atoms with Crippen molar-refractivity contribution in [3.8, 4) is 0 Å². The van der Waals surface area contributed by atoms with Crippen molar-refractivity contribution in [2.24, 2.45) is 0 Å². The Hall–Kier alpha value is -1.58. The Morgan fingerprint density at radius 3 is 3.17 bits per heavy atom. The molecule has 3 N–H and O–H groups in total. The van der Waals surface area contributed by atoms with Crippen LogP contribution in [0.2, 0.25) is 0 Å². The van der Waals surface area contributed by atoms with Gasteiger partial charge in [-0.3, -0.25) is 9.78 Å². The van der Waals surface area contributed by atoms with Crippen molar-refractivity contribution >= 4 is 17.3 Å². The minimum atomic E-state index is -0.00815. The highest BCUT2D eigenvalue weighted by molar-refractivity contribution is 6.00. The number of fused-ring (bicyclic) bond motifs is 1. The van der Waals surface area contributed by atoms with E-state index in [-0.39, 0.29) is 5.91 Å². The fourth-order valence-electron chi connectivity index (χ4n) is 1.31. The molecule has 1 aliphatic rings. The summed E-state index contributed by atoms with van der Waals surface area (Å²) in [6, 6.07) is 0. The van der Waals surface area contributed by atoms with Gasteiger partial charge in [0.2, 0.25) is 5.91 Å². The molecule has 0 atom stereocenters. The van der Waals surface area contributed by atoms with Gasteiger partial charge >= 0.3 is 0 Å². The summed E-state index contributed by atoms with van der Waals surface area (Å²) in [7, 11) is 0. The van der Waals surface area contributed by atoms with Crippen LogP contribution in [0.15, 0.2) is 6.20 Å². The largest absolute Gasteiger partial charge is 0.397 e. The second kappa shape index (κ2) is 2.20. The predicted molar refractivity (Wildman–Crippen MR) is 45.7 cm³/mol. The lowest BCUT2D eigenvalue weighted by Gasteiger charge is -2.04. The van der Waals surface area contributed by atoms with Crippen molar-refractivity contribution in [1.82, 2.24) is 4.98 Å².